The van der Waals surface area contributed by atoms with E-state index in [1.165, 1.54) is 19.4 Å². The summed E-state index contributed by atoms with van der Waals surface area (Å²) in [6.07, 6.45) is 2.93. The van der Waals surface area contributed by atoms with Gasteiger partial charge in [-0.3, -0.25) is 4.90 Å². The van der Waals surface area contributed by atoms with Crippen molar-refractivity contribution in [1.29, 1.82) is 0 Å². The Hall–Kier alpha value is -0.160. The monoisotopic (exact) mass is 228 g/mol. The molecule has 0 aliphatic carbocycles. The van der Waals surface area contributed by atoms with Crippen LogP contribution in [-0.2, 0) is 9.47 Å². The van der Waals surface area contributed by atoms with Crippen molar-refractivity contribution in [3.63, 3.8) is 0 Å². The van der Waals surface area contributed by atoms with E-state index in [4.69, 9.17) is 9.47 Å². The Labute approximate surface area is 98.3 Å². The summed E-state index contributed by atoms with van der Waals surface area (Å²) < 4.78 is 11.2. The molecule has 1 N–H and O–H groups in total. The van der Waals surface area contributed by atoms with Crippen molar-refractivity contribution >= 4 is 0 Å². The normalized spacial score (nSPS) is 32.8. The second-order valence-electron chi connectivity index (χ2n) is 4.71. The third-order valence-corrected chi connectivity index (χ3v) is 3.34. The Morgan fingerprint density at radius 1 is 1.50 bits per heavy atom. The van der Waals surface area contributed by atoms with Gasteiger partial charge in [-0.2, -0.15) is 0 Å². The van der Waals surface area contributed by atoms with Crippen LogP contribution in [0.2, 0.25) is 0 Å². The molecule has 2 heterocycles. The topological polar surface area (TPSA) is 33.7 Å². The summed E-state index contributed by atoms with van der Waals surface area (Å²) in [6.45, 7) is 9.03. The van der Waals surface area contributed by atoms with Crippen LogP contribution in [0.1, 0.15) is 19.8 Å². The van der Waals surface area contributed by atoms with Crippen LogP contribution in [-0.4, -0.2) is 63.0 Å². The summed E-state index contributed by atoms with van der Waals surface area (Å²) in [5, 5.41) is 3.51. The van der Waals surface area contributed by atoms with E-state index in [2.05, 4.69) is 17.1 Å². The molecule has 2 aliphatic rings. The van der Waals surface area contributed by atoms with E-state index in [1.807, 2.05) is 0 Å². The highest BCUT2D eigenvalue weighted by molar-refractivity contribution is 4.79. The SMILES string of the molecule is CCOC1CCCN(CC2COCCN2)C1. The highest BCUT2D eigenvalue weighted by Crippen LogP contribution is 2.13. The molecule has 2 fully saturated rings. The first kappa shape index (κ1) is 12.3. The molecule has 2 saturated heterocycles. The highest BCUT2D eigenvalue weighted by Gasteiger charge is 2.23. The smallest absolute Gasteiger partial charge is 0.0702 e. The zero-order valence-corrected chi connectivity index (χ0v) is 10.3. The standard InChI is InChI=1S/C12H24N2O2/c1-2-16-12-4-3-6-14(9-12)8-11-10-15-7-5-13-11/h11-13H,2-10H2,1H3. The van der Waals surface area contributed by atoms with Crippen LogP contribution in [0.4, 0.5) is 0 Å². The largest absolute Gasteiger partial charge is 0.378 e. The molecule has 0 aromatic rings. The van der Waals surface area contributed by atoms with Gasteiger partial charge in [-0.1, -0.05) is 0 Å². The van der Waals surface area contributed by atoms with Gasteiger partial charge in [-0.15, -0.1) is 0 Å². The van der Waals surface area contributed by atoms with Gasteiger partial charge >= 0.3 is 0 Å². The van der Waals surface area contributed by atoms with Crippen molar-refractivity contribution in [1.82, 2.24) is 10.2 Å². The molecule has 0 bridgehead atoms. The van der Waals surface area contributed by atoms with Crippen molar-refractivity contribution in [3.8, 4) is 0 Å². The molecule has 4 heteroatoms. The van der Waals surface area contributed by atoms with Crippen molar-refractivity contribution in [2.24, 2.45) is 0 Å². The summed E-state index contributed by atoms with van der Waals surface area (Å²) in [5.41, 5.74) is 0. The molecule has 0 amide bonds. The fourth-order valence-electron chi connectivity index (χ4n) is 2.60. The average Bonchev–Trinajstić information content (AvgIpc) is 2.31. The van der Waals surface area contributed by atoms with Gasteiger partial charge in [0.15, 0.2) is 0 Å². The van der Waals surface area contributed by atoms with Crippen molar-refractivity contribution in [3.05, 3.63) is 0 Å². The van der Waals surface area contributed by atoms with Gasteiger partial charge in [0, 0.05) is 32.3 Å². The van der Waals surface area contributed by atoms with Gasteiger partial charge in [-0.25, -0.2) is 0 Å². The minimum Gasteiger partial charge on any atom is -0.378 e. The lowest BCUT2D eigenvalue weighted by molar-refractivity contribution is -0.00498. The predicted molar refractivity (Wildman–Crippen MR) is 63.7 cm³/mol. The molecule has 0 aromatic heterocycles. The summed E-state index contributed by atoms with van der Waals surface area (Å²) in [7, 11) is 0. The summed E-state index contributed by atoms with van der Waals surface area (Å²) >= 11 is 0. The molecule has 4 nitrogen and oxygen atoms in total. The predicted octanol–water partition coefficient (Wildman–Crippen LogP) is 0.476. The number of ether oxygens (including phenoxy) is 2. The second kappa shape index (κ2) is 6.55. The lowest BCUT2D eigenvalue weighted by Gasteiger charge is -2.36. The Morgan fingerprint density at radius 2 is 2.44 bits per heavy atom. The minimum absolute atomic E-state index is 0.447. The van der Waals surface area contributed by atoms with Gasteiger partial charge in [-0.05, 0) is 26.3 Å². The van der Waals surface area contributed by atoms with Gasteiger partial charge in [0.25, 0.3) is 0 Å². The molecule has 2 aliphatic heterocycles. The van der Waals surface area contributed by atoms with Crippen LogP contribution in [0.5, 0.6) is 0 Å². The fourth-order valence-corrected chi connectivity index (χ4v) is 2.60. The molecule has 2 atom stereocenters. The van der Waals surface area contributed by atoms with E-state index < -0.39 is 0 Å². The second-order valence-corrected chi connectivity index (χ2v) is 4.71. The van der Waals surface area contributed by atoms with E-state index in [-0.39, 0.29) is 0 Å². The summed E-state index contributed by atoms with van der Waals surface area (Å²) in [5.74, 6) is 0. The van der Waals surface area contributed by atoms with Crippen LogP contribution in [0.3, 0.4) is 0 Å². The number of rotatable bonds is 4. The number of nitrogens with zero attached hydrogens (tertiary/aromatic N) is 1. The zero-order chi connectivity index (χ0) is 11.2. The first-order valence-corrected chi connectivity index (χ1v) is 6.53. The van der Waals surface area contributed by atoms with E-state index >= 15 is 0 Å². The Morgan fingerprint density at radius 3 is 3.19 bits per heavy atom. The van der Waals surface area contributed by atoms with E-state index in [0.717, 1.165) is 39.5 Å². The molecule has 0 spiro atoms. The molecule has 0 radical (unpaired) electrons. The first-order valence-electron chi connectivity index (χ1n) is 6.53. The van der Waals surface area contributed by atoms with Crippen LogP contribution in [0.15, 0.2) is 0 Å². The minimum atomic E-state index is 0.447. The highest BCUT2D eigenvalue weighted by atomic mass is 16.5. The molecule has 94 valence electrons. The number of morpholine rings is 1. The van der Waals surface area contributed by atoms with Gasteiger partial charge < -0.3 is 14.8 Å². The number of nitrogens with one attached hydrogen (secondary N) is 1. The van der Waals surface area contributed by atoms with Gasteiger partial charge in [0.1, 0.15) is 0 Å². The third-order valence-electron chi connectivity index (χ3n) is 3.34. The quantitative estimate of drug-likeness (QED) is 0.758. The average molecular weight is 228 g/mol. The number of piperidine rings is 1. The number of hydrogen-bond donors (Lipinski definition) is 1. The van der Waals surface area contributed by atoms with Crippen LogP contribution in [0.25, 0.3) is 0 Å². The van der Waals surface area contributed by atoms with Crippen LogP contribution in [0, 0.1) is 0 Å². The van der Waals surface area contributed by atoms with Gasteiger partial charge in [0.05, 0.1) is 19.3 Å². The molecule has 2 unspecified atom stereocenters. The molecule has 0 aromatic carbocycles. The summed E-state index contributed by atoms with van der Waals surface area (Å²) in [6, 6.07) is 0.508. The van der Waals surface area contributed by atoms with E-state index in [0.29, 0.717) is 12.1 Å². The maximum absolute atomic E-state index is 5.71. The van der Waals surface area contributed by atoms with E-state index in [9.17, 15) is 0 Å². The lowest BCUT2D eigenvalue weighted by Crippen LogP contribution is -2.51. The first-order chi connectivity index (χ1) is 7.88. The van der Waals surface area contributed by atoms with Crippen molar-refractivity contribution in [2.75, 3.05) is 46.0 Å². The van der Waals surface area contributed by atoms with Gasteiger partial charge in [0.2, 0.25) is 0 Å². The lowest BCUT2D eigenvalue weighted by atomic mass is 10.1. The Kier molecular flexibility index (Phi) is 5.03. The fraction of sp³-hybridized carbons (Fsp3) is 1.00. The molecule has 16 heavy (non-hydrogen) atoms. The van der Waals surface area contributed by atoms with Crippen LogP contribution >= 0.6 is 0 Å². The third kappa shape index (κ3) is 3.70. The maximum Gasteiger partial charge on any atom is 0.0702 e. The van der Waals surface area contributed by atoms with Crippen molar-refractivity contribution in [2.45, 2.75) is 31.9 Å². The van der Waals surface area contributed by atoms with E-state index in [1.54, 1.807) is 0 Å². The zero-order valence-electron chi connectivity index (χ0n) is 10.3. The number of likely N-dealkylation sites (tertiary alicyclic amines) is 1. The molecule has 0 saturated carbocycles. The Balaban J connectivity index is 1.71. The van der Waals surface area contributed by atoms with Crippen molar-refractivity contribution < 1.29 is 9.47 Å². The Bertz CT molecular complexity index is 193. The molecular formula is C12H24N2O2. The maximum atomic E-state index is 5.71. The van der Waals surface area contributed by atoms with Crippen LogP contribution < -0.4 is 5.32 Å². The molecule has 2 rings (SSSR count). The summed E-state index contributed by atoms with van der Waals surface area (Å²) in [4.78, 5) is 2.51. The molecular weight excluding hydrogens is 204 g/mol. The number of hydrogen-bond acceptors (Lipinski definition) is 4.